The van der Waals surface area contributed by atoms with Crippen LogP contribution in [0.1, 0.15) is 388 Å². The van der Waals surface area contributed by atoms with Crippen LogP contribution in [0.4, 0.5) is 0 Å². The second-order valence-electron chi connectivity index (χ2n) is 42.7. The third-order valence-corrected chi connectivity index (χ3v) is 24.0. The third-order valence-electron chi connectivity index (χ3n) is 21.1. The van der Waals surface area contributed by atoms with Crippen molar-refractivity contribution in [2.45, 2.75) is 384 Å². The zero-order chi connectivity index (χ0) is 76.1. The zero-order valence-corrected chi connectivity index (χ0v) is 73.9. The first kappa shape index (κ1) is 90.6. The molecular formula is C96H160S2. The molecule has 0 radical (unpaired) electrons. The number of fused-ring (bicyclic) bond motifs is 1. The second-order valence-corrected chi connectivity index (χ2v) is 44.6. The summed E-state index contributed by atoms with van der Waals surface area (Å²) in [7, 11) is 0. The topological polar surface area (TPSA) is 0 Å². The molecule has 0 amide bonds. The van der Waals surface area contributed by atoms with Crippen molar-refractivity contribution in [3.8, 4) is 0 Å². The smallest absolute Gasteiger partial charge is 0.0348 e. The predicted octanol–water partition coefficient (Wildman–Crippen LogP) is 32.0. The van der Waals surface area contributed by atoms with E-state index in [1.54, 1.807) is 0 Å². The summed E-state index contributed by atoms with van der Waals surface area (Å²) in [5.74, 6) is 2.31. The molecule has 2 aliphatic rings. The summed E-state index contributed by atoms with van der Waals surface area (Å²) in [6.45, 7) is 90.5. The fraction of sp³-hybridized carbons (Fsp3) is 0.688. The second kappa shape index (κ2) is 35.3. The molecule has 2 saturated carbocycles. The molecule has 6 aromatic rings. The minimum Gasteiger partial charge on any atom is -0.148 e. The summed E-state index contributed by atoms with van der Waals surface area (Å²) < 4.78 is 1.42. The summed E-state index contributed by atoms with van der Waals surface area (Å²) in [6.07, 6.45) is 15.4. The molecule has 2 heteroatoms. The lowest BCUT2D eigenvalue weighted by Gasteiger charge is -2.51. The highest BCUT2D eigenvalue weighted by Crippen LogP contribution is 2.56. The molecule has 2 heterocycles. The van der Waals surface area contributed by atoms with Crippen molar-refractivity contribution in [3.05, 3.63) is 163 Å². The van der Waals surface area contributed by atoms with Crippen molar-refractivity contribution in [1.29, 1.82) is 0 Å². The predicted molar refractivity (Wildman–Crippen MR) is 452 cm³/mol. The van der Waals surface area contributed by atoms with Gasteiger partial charge in [0.1, 0.15) is 0 Å². The van der Waals surface area contributed by atoms with Crippen molar-refractivity contribution in [3.63, 3.8) is 0 Å². The molecule has 0 unspecified atom stereocenters. The molecular weight excluding hydrogens is 1220 g/mol. The van der Waals surface area contributed by atoms with Crippen molar-refractivity contribution in [2.24, 2.45) is 44.3 Å². The summed E-state index contributed by atoms with van der Waals surface area (Å²) in [4.78, 5) is 3.06. The van der Waals surface area contributed by atoms with E-state index >= 15 is 0 Å². The van der Waals surface area contributed by atoms with Crippen molar-refractivity contribution < 1.29 is 0 Å². The lowest BCUT2D eigenvalue weighted by molar-refractivity contribution is -0.00866. The van der Waals surface area contributed by atoms with Gasteiger partial charge in [0.05, 0.1) is 0 Å². The molecule has 8 rings (SSSR count). The maximum Gasteiger partial charge on any atom is 0.0348 e. The van der Waals surface area contributed by atoms with Gasteiger partial charge in [-0.25, -0.2) is 0 Å². The van der Waals surface area contributed by atoms with Crippen LogP contribution in [-0.4, -0.2) is 0 Å². The molecule has 4 aromatic carbocycles. The normalized spacial score (nSPS) is 15.7. The highest BCUT2D eigenvalue weighted by Gasteiger charge is 2.46. The van der Waals surface area contributed by atoms with Gasteiger partial charge >= 0.3 is 0 Å². The van der Waals surface area contributed by atoms with E-state index in [0.29, 0.717) is 38.4 Å². The number of benzene rings is 4. The molecule has 0 atom stereocenters. The van der Waals surface area contributed by atoms with Gasteiger partial charge in [0.15, 0.2) is 0 Å². The largest absolute Gasteiger partial charge is 0.148 e. The van der Waals surface area contributed by atoms with Gasteiger partial charge in [-0.3, -0.25) is 0 Å². The third kappa shape index (κ3) is 28.0. The van der Waals surface area contributed by atoms with Crippen LogP contribution in [0.3, 0.4) is 0 Å². The van der Waals surface area contributed by atoms with Crippen LogP contribution in [0.5, 0.6) is 0 Å². The van der Waals surface area contributed by atoms with Crippen molar-refractivity contribution >= 4 is 32.8 Å². The quantitative estimate of drug-likeness (QED) is 0.161. The summed E-state index contributed by atoms with van der Waals surface area (Å²) >= 11 is 3.84. The highest BCUT2D eigenvalue weighted by atomic mass is 32.1. The maximum absolute atomic E-state index is 2.43. The maximum atomic E-state index is 2.43. The average Bonchev–Trinajstić information content (AvgIpc) is 1.59. The van der Waals surface area contributed by atoms with Crippen molar-refractivity contribution in [1.82, 2.24) is 0 Å². The fourth-order valence-corrected chi connectivity index (χ4v) is 18.5. The minimum absolute atomic E-state index is 0.211. The Morgan fingerprint density at radius 2 is 0.765 bits per heavy atom. The molecule has 2 aromatic heterocycles. The van der Waals surface area contributed by atoms with Crippen LogP contribution in [0, 0.1) is 44.3 Å². The van der Waals surface area contributed by atoms with Crippen molar-refractivity contribution in [2.75, 3.05) is 0 Å². The first-order valence-corrected chi connectivity index (χ1v) is 40.6. The van der Waals surface area contributed by atoms with Gasteiger partial charge in [0.2, 0.25) is 0 Å². The molecule has 0 N–H and O–H groups in total. The molecule has 0 bridgehead atoms. The van der Waals surface area contributed by atoms with Crippen LogP contribution in [-0.2, 0) is 50.7 Å². The van der Waals surface area contributed by atoms with E-state index in [-0.39, 0.29) is 37.9 Å². The zero-order valence-electron chi connectivity index (χ0n) is 72.2. The lowest BCUT2D eigenvalue weighted by atomic mass is 9.54. The Kier molecular flexibility index (Phi) is 32.7. The number of thiophene rings is 2. The van der Waals surface area contributed by atoms with Crippen LogP contribution >= 0.6 is 22.7 Å². The van der Waals surface area contributed by atoms with Gasteiger partial charge in [-0.1, -0.05) is 393 Å². The molecule has 98 heavy (non-hydrogen) atoms. The summed E-state index contributed by atoms with van der Waals surface area (Å²) in [5.41, 5.74) is 16.6. The molecule has 0 spiro atoms. The van der Waals surface area contributed by atoms with Gasteiger partial charge in [-0.2, -0.15) is 0 Å². The molecule has 556 valence electrons. The molecule has 0 saturated heterocycles. The first-order valence-electron chi connectivity index (χ1n) is 38.9. The Balaban J connectivity index is 0.000000390. The Bertz CT molecular complexity index is 3210. The number of hydrogen-bond acceptors (Lipinski definition) is 2. The van der Waals surface area contributed by atoms with Gasteiger partial charge in [-0.15, -0.1) is 22.7 Å². The Hall–Kier alpha value is -3.46. The summed E-state index contributed by atoms with van der Waals surface area (Å²) in [6, 6.07) is 37.6. The Morgan fingerprint density at radius 1 is 0.357 bits per heavy atom. The van der Waals surface area contributed by atoms with Crippen LogP contribution < -0.4 is 0 Å². The fourth-order valence-electron chi connectivity index (χ4n) is 15.8. The first-order chi connectivity index (χ1) is 44.0. The molecule has 2 fully saturated rings. The van der Waals surface area contributed by atoms with E-state index in [2.05, 4.69) is 379 Å². The van der Waals surface area contributed by atoms with Gasteiger partial charge in [0.25, 0.3) is 0 Å². The van der Waals surface area contributed by atoms with E-state index in [0.717, 1.165) is 24.7 Å². The average molecular weight is 1380 g/mol. The van der Waals surface area contributed by atoms with Crippen LogP contribution in [0.2, 0.25) is 0 Å². The van der Waals surface area contributed by atoms with Crippen LogP contribution in [0.25, 0.3) is 10.1 Å². The highest BCUT2D eigenvalue weighted by molar-refractivity contribution is 7.19. The lowest BCUT2D eigenvalue weighted by Crippen LogP contribution is -2.41. The number of rotatable bonds is 5. The van der Waals surface area contributed by atoms with E-state index in [4.69, 9.17) is 0 Å². The molecule has 0 nitrogen and oxygen atoms in total. The van der Waals surface area contributed by atoms with E-state index < -0.39 is 0 Å². The van der Waals surface area contributed by atoms with Gasteiger partial charge < -0.3 is 0 Å². The van der Waals surface area contributed by atoms with Crippen LogP contribution in [0.15, 0.2) is 109 Å². The Morgan fingerprint density at radius 3 is 1.12 bits per heavy atom. The molecule has 2 aliphatic carbocycles. The number of hydrogen-bond donors (Lipinski definition) is 0. The van der Waals surface area contributed by atoms with E-state index in [1.807, 2.05) is 22.7 Å². The minimum atomic E-state index is 0.211. The monoisotopic (exact) mass is 1380 g/mol. The van der Waals surface area contributed by atoms with Gasteiger partial charge in [0, 0.05) is 14.5 Å². The van der Waals surface area contributed by atoms with E-state index in [9.17, 15) is 0 Å². The summed E-state index contributed by atoms with van der Waals surface area (Å²) in [5, 5.41) is 3.65. The van der Waals surface area contributed by atoms with E-state index in [1.165, 1.54) is 122 Å². The Labute approximate surface area is 620 Å². The SMILES string of the molecule is CC(C)(C)Cc1cccc(C(C)(C)C)c1.CC(C)(C)Cc1ccccc1C(C)(C)C.CC(C)(C)c1ccsc1C(C)(C)C.CC(C)(C)c1sc2ccccc2c1C(C)(C)C.CC(C)C1(C(C)(C)C)CCCC1.CC(C)C1(C(C)(C)C)CCCCC1.CC(C)c1ccccc1C(C)(C)C. The standard InChI is InChI=1S/C16H22S.2C15H24.C13H26.C13H20.C12H20S.C12H24/c1-15(2,3)13-11-9-7-8-10-12(11)17-14(13)16(4,5)6;1-14(2,3)11-12-8-7-9-13(10-12)15(4,5)6;1-14(2,3)11-12-9-7-8-10-13(12)15(4,5)6;1-11(2)13(12(3,4)5)9-7-6-8-10-13;1-10(2)11-8-6-7-9-12(11)13(3,4)5;1-11(2,3)9-7-8-13-10(9)12(4,5)6;1-10(2)12(11(3,4)5)8-6-7-9-12/h7-10H,1-6H3;2*7-10H,11H2,1-6H3;11H,6-10H2,1-5H3;6-10H,1-5H3;7-8H,1-6H3;10H,6-9H2,1-5H3. The molecule has 0 aliphatic heterocycles. The van der Waals surface area contributed by atoms with Gasteiger partial charge in [-0.05, 0) is 194 Å².